The van der Waals surface area contributed by atoms with E-state index in [1.54, 1.807) is 29.6 Å². The number of H-pyrrole nitrogens is 1. The molecule has 3 heterocycles. The van der Waals surface area contributed by atoms with Crippen LogP contribution in [0.5, 0.6) is 0 Å². The Balaban J connectivity index is 1.57. The molecule has 1 atom stereocenters. The van der Waals surface area contributed by atoms with Gasteiger partial charge in [-0.3, -0.25) is 19.6 Å². The van der Waals surface area contributed by atoms with E-state index in [2.05, 4.69) is 15.0 Å². The van der Waals surface area contributed by atoms with Crippen LogP contribution in [0.3, 0.4) is 0 Å². The summed E-state index contributed by atoms with van der Waals surface area (Å²) in [6.07, 6.45) is 9.88. The molecule has 1 aliphatic heterocycles. The van der Waals surface area contributed by atoms with E-state index in [9.17, 15) is 9.59 Å². The lowest BCUT2D eigenvalue weighted by Crippen LogP contribution is -2.41. The molecule has 2 aromatic rings. The molecule has 1 amide bonds. The predicted molar refractivity (Wildman–Crippen MR) is 89.0 cm³/mol. The molecule has 4 rings (SSSR count). The summed E-state index contributed by atoms with van der Waals surface area (Å²) >= 11 is 0. The smallest absolute Gasteiger partial charge is 0.261 e. The van der Waals surface area contributed by atoms with Gasteiger partial charge in [0, 0.05) is 43.3 Å². The van der Waals surface area contributed by atoms with Gasteiger partial charge >= 0.3 is 0 Å². The number of rotatable bonds is 2. The Kier molecular flexibility index (Phi) is 3.88. The monoisotopic (exact) mass is 324 g/mol. The second kappa shape index (κ2) is 6.19. The lowest BCUT2D eigenvalue weighted by molar-refractivity contribution is 0.0704. The molecule has 0 aromatic carbocycles. The minimum atomic E-state index is -0.262. The number of amides is 1. The third kappa shape index (κ3) is 2.72. The third-order valence-electron chi connectivity index (χ3n) is 5.03. The molecule has 0 radical (unpaired) electrons. The fourth-order valence-corrected chi connectivity index (χ4v) is 3.77. The second-order valence-corrected chi connectivity index (χ2v) is 6.59. The normalized spacial score (nSPS) is 20.0. The molecule has 6 heteroatoms. The highest BCUT2D eigenvalue weighted by Crippen LogP contribution is 2.26. The molecule has 6 nitrogen and oxygen atoms in total. The van der Waals surface area contributed by atoms with Gasteiger partial charge in [-0.2, -0.15) is 0 Å². The number of likely N-dealkylation sites (tertiary alicyclic amines) is 1. The van der Waals surface area contributed by atoms with Crippen LogP contribution in [0.2, 0.25) is 0 Å². The maximum Gasteiger partial charge on any atom is 0.261 e. The average Bonchev–Trinajstić information content (AvgIpc) is 3.08. The van der Waals surface area contributed by atoms with E-state index >= 15 is 0 Å². The summed E-state index contributed by atoms with van der Waals surface area (Å²) < 4.78 is 0. The van der Waals surface area contributed by atoms with Crippen LogP contribution < -0.4 is 5.56 Å². The summed E-state index contributed by atoms with van der Waals surface area (Å²) in [6.45, 7) is 1.28. The zero-order valence-corrected chi connectivity index (χ0v) is 13.5. The first kappa shape index (κ1) is 15.1. The van der Waals surface area contributed by atoms with Crippen molar-refractivity contribution in [1.29, 1.82) is 0 Å². The molecular weight excluding hydrogens is 304 g/mol. The van der Waals surface area contributed by atoms with E-state index in [0.29, 0.717) is 13.1 Å². The molecule has 1 N–H and O–H groups in total. The van der Waals surface area contributed by atoms with Gasteiger partial charge in [0.25, 0.3) is 11.5 Å². The summed E-state index contributed by atoms with van der Waals surface area (Å²) in [4.78, 5) is 38.3. The van der Waals surface area contributed by atoms with E-state index in [1.807, 2.05) is 0 Å². The van der Waals surface area contributed by atoms with E-state index in [1.165, 1.54) is 0 Å². The number of carbonyl (C=O) groups excluding carboxylic acids is 1. The quantitative estimate of drug-likeness (QED) is 0.911. The number of pyridine rings is 1. The van der Waals surface area contributed by atoms with Crippen molar-refractivity contribution in [3.05, 3.63) is 57.5 Å². The highest BCUT2D eigenvalue weighted by Gasteiger charge is 2.28. The predicted octanol–water partition coefficient (Wildman–Crippen LogP) is 1.67. The van der Waals surface area contributed by atoms with Gasteiger partial charge in [0.2, 0.25) is 0 Å². The molecule has 124 valence electrons. The van der Waals surface area contributed by atoms with E-state index in [0.717, 1.165) is 49.1 Å². The molecule has 1 aliphatic carbocycles. The van der Waals surface area contributed by atoms with Gasteiger partial charge in [0.1, 0.15) is 5.56 Å². The Labute approximate surface area is 140 Å². The standard InChI is InChI=1S/C18H20N4O2/c23-17-14(9-12-3-1-5-15(12)21-17)18(24)22-8-2-4-13(11-22)16-10-19-6-7-20-16/h6-7,9-10,13H,1-5,8,11H2,(H,21,23)/t13-/m0/s1. The number of nitrogens with zero attached hydrogens (tertiary/aromatic N) is 3. The SMILES string of the molecule is O=C(c1cc2c([nH]c1=O)CCC2)N1CCC[C@H](c2cnccn2)C1. The number of piperidine rings is 1. The van der Waals surface area contributed by atoms with Crippen molar-refractivity contribution >= 4 is 5.91 Å². The first-order valence-electron chi connectivity index (χ1n) is 8.52. The first-order valence-corrected chi connectivity index (χ1v) is 8.52. The lowest BCUT2D eigenvalue weighted by Gasteiger charge is -2.32. The van der Waals surface area contributed by atoms with Crippen LogP contribution in [-0.4, -0.2) is 38.8 Å². The van der Waals surface area contributed by atoms with Crippen LogP contribution in [0.4, 0.5) is 0 Å². The molecule has 1 fully saturated rings. The Bertz CT molecular complexity index is 816. The van der Waals surface area contributed by atoms with Crippen molar-refractivity contribution in [3.8, 4) is 0 Å². The van der Waals surface area contributed by atoms with E-state index in [-0.39, 0.29) is 22.9 Å². The van der Waals surface area contributed by atoms with Gasteiger partial charge in [0.15, 0.2) is 0 Å². The van der Waals surface area contributed by atoms with Gasteiger partial charge in [-0.15, -0.1) is 0 Å². The second-order valence-electron chi connectivity index (χ2n) is 6.59. The molecular formula is C18H20N4O2. The van der Waals surface area contributed by atoms with Crippen LogP contribution in [0.15, 0.2) is 29.5 Å². The molecule has 2 aliphatic rings. The van der Waals surface area contributed by atoms with Crippen molar-refractivity contribution in [2.24, 2.45) is 0 Å². The van der Waals surface area contributed by atoms with Crippen LogP contribution >= 0.6 is 0 Å². The summed E-state index contributed by atoms with van der Waals surface area (Å²) in [5, 5.41) is 0. The number of nitrogens with one attached hydrogen (secondary N) is 1. The Morgan fingerprint density at radius 2 is 2.17 bits per heavy atom. The summed E-state index contributed by atoms with van der Waals surface area (Å²) in [5.41, 5.74) is 3.03. The first-order chi connectivity index (χ1) is 11.7. The van der Waals surface area contributed by atoms with Gasteiger partial charge < -0.3 is 9.88 Å². The summed E-state index contributed by atoms with van der Waals surface area (Å²) in [7, 11) is 0. The van der Waals surface area contributed by atoms with E-state index < -0.39 is 0 Å². The molecule has 0 saturated carbocycles. The van der Waals surface area contributed by atoms with Crippen molar-refractivity contribution in [2.45, 2.75) is 38.0 Å². The molecule has 2 aromatic heterocycles. The van der Waals surface area contributed by atoms with Gasteiger partial charge in [-0.05, 0) is 43.7 Å². The highest BCUT2D eigenvalue weighted by atomic mass is 16.2. The minimum Gasteiger partial charge on any atom is -0.338 e. The molecule has 1 saturated heterocycles. The van der Waals surface area contributed by atoms with Crippen LogP contribution in [0.1, 0.15) is 52.5 Å². The number of hydrogen-bond acceptors (Lipinski definition) is 4. The maximum absolute atomic E-state index is 12.9. The van der Waals surface area contributed by atoms with Crippen LogP contribution in [0, 0.1) is 0 Å². The zero-order valence-electron chi connectivity index (χ0n) is 13.5. The fourth-order valence-electron chi connectivity index (χ4n) is 3.77. The number of aromatic nitrogens is 3. The Morgan fingerprint density at radius 3 is 3.00 bits per heavy atom. The van der Waals surface area contributed by atoms with Gasteiger partial charge in [0.05, 0.1) is 5.69 Å². The van der Waals surface area contributed by atoms with Crippen molar-refractivity contribution in [3.63, 3.8) is 0 Å². The minimum absolute atomic E-state index is 0.167. The Morgan fingerprint density at radius 1 is 1.25 bits per heavy atom. The van der Waals surface area contributed by atoms with Crippen LogP contribution in [-0.2, 0) is 12.8 Å². The lowest BCUT2D eigenvalue weighted by atomic mass is 9.94. The van der Waals surface area contributed by atoms with Crippen LogP contribution in [0.25, 0.3) is 0 Å². The molecule has 24 heavy (non-hydrogen) atoms. The number of carbonyl (C=O) groups is 1. The zero-order chi connectivity index (χ0) is 16.5. The number of hydrogen-bond donors (Lipinski definition) is 1. The maximum atomic E-state index is 12.9. The number of aryl methyl sites for hydroxylation is 2. The molecule has 0 bridgehead atoms. The molecule has 0 spiro atoms. The van der Waals surface area contributed by atoms with E-state index in [4.69, 9.17) is 0 Å². The Hall–Kier alpha value is -2.50. The molecule has 0 unspecified atom stereocenters. The number of aromatic amines is 1. The highest BCUT2D eigenvalue weighted by molar-refractivity contribution is 5.94. The average molecular weight is 324 g/mol. The largest absolute Gasteiger partial charge is 0.338 e. The van der Waals surface area contributed by atoms with Crippen molar-refractivity contribution in [2.75, 3.05) is 13.1 Å². The topological polar surface area (TPSA) is 79.0 Å². The van der Waals surface area contributed by atoms with Gasteiger partial charge in [-0.25, -0.2) is 0 Å². The summed E-state index contributed by atoms with van der Waals surface area (Å²) in [6, 6.07) is 1.80. The van der Waals surface area contributed by atoms with Gasteiger partial charge in [-0.1, -0.05) is 0 Å². The fraction of sp³-hybridized carbons (Fsp3) is 0.444. The van der Waals surface area contributed by atoms with Crippen molar-refractivity contribution < 1.29 is 4.79 Å². The van der Waals surface area contributed by atoms with Crippen molar-refractivity contribution in [1.82, 2.24) is 19.9 Å². The summed E-state index contributed by atoms with van der Waals surface area (Å²) in [5.74, 6) is 0.0180. The third-order valence-corrected chi connectivity index (χ3v) is 5.03. The number of fused-ring (bicyclic) bond motifs is 1.